The number of nitrogens with zero attached hydrogens (tertiary/aromatic N) is 1. The third-order valence-electron chi connectivity index (χ3n) is 3.61. The summed E-state index contributed by atoms with van der Waals surface area (Å²) in [7, 11) is 0. The van der Waals surface area contributed by atoms with Crippen molar-refractivity contribution < 1.29 is 22.4 Å². The van der Waals surface area contributed by atoms with Crippen LogP contribution in [0.5, 0.6) is 0 Å². The van der Waals surface area contributed by atoms with Gasteiger partial charge in [0.25, 0.3) is 5.78 Å². The van der Waals surface area contributed by atoms with E-state index < -0.39 is 23.3 Å². The van der Waals surface area contributed by atoms with Gasteiger partial charge < -0.3 is 4.57 Å². The Balaban J connectivity index is 2.11. The van der Waals surface area contributed by atoms with Crippen molar-refractivity contribution in [2.24, 2.45) is 0 Å². The molecule has 0 N–H and O–H groups in total. The van der Waals surface area contributed by atoms with E-state index in [2.05, 4.69) is 15.9 Å². The minimum Gasteiger partial charge on any atom is -0.342 e. The summed E-state index contributed by atoms with van der Waals surface area (Å²) in [6.07, 6.45) is -3.76. The van der Waals surface area contributed by atoms with Gasteiger partial charge in [-0.05, 0) is 35.9 Å². The Morgan fingerprint density at radius 1 is 1.08 bits per heavy atom. The van der Waals surface area contributed by atoms with Crippen molar-refractivity contribution in [3.05, 3.63) is 70.1 Å². The summed E-state index contributed by atoms with van der Waals surface area (Å²) < 4.78 is 53.6. The molecule has 1 aromatic heterocycles. The number of ketones is 1. The molecule has 0 spiro atoms. The minimum absolute atomic E-state index is 0.216. The lowest BCUT2D eigenvalue weighted by Crippen LogP contribution is -2.22. The Kier molecular flexibility index (Phi) is 4.21. The molecule has 124 valence electrons. The van der Waals surface area contributed by atoms with Crippen molar-refractivity contribution in [1.82, 2.24) is 4.57 Å². The zero-order valence-corrected chi connectivity index (χ0v) is 13.7. The number of Topliss-reactive ketones (excluding diaryl/α,β-unsaturated/α-hetero) is 1. The van der Waals surface area contributed by atoms with Crippen molar-refractivity contribution in [2.75, 3.05) is 0 Å². The molecule has 0 aliphatic rings. The molecule has 0 unspecified atom stereocenters. The fourth-order valence-corrected chi connectivity index (χ4v) is 2.88. The third-order valence-corrected chi connectivity index (χ3v) is 4.10. The van der Waals surface area contributed by atoms with Crippen molar-refractivity contribution in [1.29, 1.82) is 0 Å². The maximum atomic E-state index is 13.0. The largest absolute Gasteiger partial charge is 0.454 e. The number of benzene rings is 2. The van der Waals surface area contributed by atoms with E-state index in [0.29, 0.717) is 15.6 Å². The maximum Gasteiger partial charge on any atom is 0.454 e. The van der Waals surface area contributed by atoms with E-state index in [1.54, 1.807) is 28.8 Å². The highest BCUT2D eigenvalue weighted by Gasteiger charge is 2.40. The molecule has 0 saturated carbocycles. The highest BCUT2D eigenvalue weighted by Crippen LogP contribution is 2.31. The quantitative estimate of drug-likeness (QED) is 0.430. The van der Waals surface area contributed by atoms with Crippen LogP contribution in [0.1, 0.15) is 15.9 Å². The molecule has 24 heavy (non-hydrogen) atoms. The van der Waals surface area contributed by atoms with Crippen LogP contribution in [-0.4, -0.2) is 16.5 Å². The van der Waals surface area contributed by atoms with Crippen LogP contribution in [0.4, 0.5) is 17.6 Å². The molecule has 0 bridgehead atoms. The van der Waals surface area contributed by atoms with Gasteiger partial charge in [-0.15, -0.1) is 0 Å². The minimum atomic E-state index is -4.95. The standard InChI is InChI=1S/C17H10BrF4NO/c18-11-3-6-15-13(7-11)14(16(24)17(20,21)22)9-23(15)8-10-1-4-12(19)5-2-10/h1-7,9H,8H2. The van der Waals surface area contributed by atoms with Crippen molar-refractivity contribution >= 4 is 32.6 Å². The first-order valence-corrected chi connectivity index (χ1v) is 7.69. The first-order valence-electron chi connectivity index (χ1n) is 6.90. The fourth-order valence-electron chi connectivity index (χ4n) is 2.52. The molecule has 0 radical (unpaired) electrons. The molecule has 1 heterocycles. The van der Waals surface area contributed by atoms with Crippen LogP contribution in [0.25, 0.3) is 10.9 Å². The molecular weight excluding hydrogens is 390 g/mol. The average Bonchev–Trinajstić information content (AvgIpc) is 2.85. The second-order valence-corrected chi connectivity index (χ2v) is 6.20. The SMILES string of the molecule is O=C(c1cn(Cc2ccc(F)cc2)c2ccc(Br)cc12)C(F)(F)F. The van der Waals surface area contributed by atoms with E-state index in [1.807, 2.05) is 0 Å². The van der Waals surface area contributed by atoms with E-state index in [9.17, 15) is 22.4 Å². The van der Waals surface area contributed by atoms with Crippen molar-refractivity contribution in [3.63, 3.8) is 0 Å². The van der Waals surface area contributed by atoms with Crippen LogP contribution in [-0.2, 0) is 6.54 Å². The van der Waals surface area contributed by atoms with Gasteiger partial charge in [0.15, 0.2) is 0 Å². The van der Waals surface area contributed by atoms with Crippen LogP contribution in [0, 0.1) is 5.82 Å². The zero-order valence-electron chi connectivity index (χ0n) is 12.1. The number of hydrogen-bond acceptors (Lipinski definition) is 1. The second-order valence-electron chi connectivity index (χ2n) is 5.29. The van der Waals surface area contributed by atoms with Crippen LogP contribution >= 0.6 is 15.9 Å². The lowest BCUT2D eigenvalue weighted by atomic mass is 10.1. The number of fused-ring (bicyclic) bond motifs is 1. The van der Waals surface area contributed by atoms with Crippen LogP contribution < -0.4 is 0 Å². The molecule has 0 amide bonds. The van der Waals surface area contributed by atoms with Crippen molar-refractivity contribution in [3.8, 4) is 0 Å². The highest BCUT2D eigenvalue weighted by atomic mass is 79.9. The number of hydrogen-bond donors (Lipinski definition) is 0. The predicted molar refractivity (Wildman–Crippen MR) is 85.5 cm³/mol. The number of alkyl halides is 3. The molecule has 2 nitrogen and oxygen atoms in total. The second kappa shape index (κ2) is 6.05. The van der Waals surface area contributed by atoms with Crippen molar-refractivity contribution in [2.45, 2.75) is 12.7 Å². The molecule has 0 aliphatic carbocycles. The van der Waals surface area contributed by atoms with E-state index in [4.69, 9.17) is 0 Å². The van der Waals surface area contributed by atoms with Gasteiger partial charge in [0.2, 0.25) is 0 Å². The molecule has 0 fully saturated rings. The lowest BCUT2D eigenvalue weighted by molar-refractivity contribution is -0.0884. The number of halogens is 5. The number of carbonyl (C=O) groups excluding carboxylic acids is 1. The van der Waals surface area contributed by atoms with Crippen LogP contribution in [0.2, 0.25) is 0 Å². The van der Waals surface area contributed by atoms with Gasteiger partial charge in [0.1, 0.15) is 5.82 Å². The normalized spacial score (nSPS) is 11.9. The molecule has 0 aliphatic heterocycles. The molecule has 3 aromatic rings. The molecule has 7 heteroatoms. The van der Waals surface area contributed by atoms with Gasteiger partial charge in [-0.2, -0.15) is 13.2 Å². The van der Waals surface area contributed by atoms with Gasteiger partial charge in [-0.1, -0.05) is 28.1 Å². The molecule has 0 saturated heterocycles. The molecule has 0 atom stereocenters. The van der Waals surface area contributed by atoms with Crippen LogP contribution in [0.15, 0.2) is 53.1 Å². The Bertz CT molecular complexity index is 913. The molecule has 2 aromatic carbocycles. The monoisotopic (exact) mass is 399 g/mol. The Morgan fingerprint density at radius 2 is 1.75 bits per heavy atom. The summed E-state index contributed by atoms with van der Waals surface area (Å²) in [6.45, 7) is 0.226. The number of rotatable bonds is 3. The Morgan fingerprint density at radius 3 is 2.38 bits per heavy atom. The zero-order chi connectivity index (χ0) is 17.5. The third kappa shape index (κ3) is 3.21. The van der Waals surface area contributed by atoms with Gasteiger partial charge >= 0.3 is 6.18 Å². The topological polar surface area (TPSA) is 22.0 Å². The predicted octanol–water partition coefficient (Wildman–Crippen LogP) is 5.34. The fraction of sp³-hybridized carbons (Fsp3) is 0.118. The highest BCUT2D eigenvalue weighted by molar-refractivity contribution is 9.10. The summed E-state index contributed by atoms with van der Waals surface area (Å²) in [5.41, 5.74) is 0.804. The van der Waals surface area contributed by atoms with Crippen LogP contribution in [0.3, 0.4) is 0 Å². The first kappa shape index (κ1) is 16.7. The van der Waals surface area contributed by atoms with E-state index >= 15 is 0 Å². The summed E-state index contributed by atoms with van der Waals surface area (Å²) in [5, 5.41) is 0.216. The van der Waals surface area contributed by atoms with Gasteiger partial charge in [0.05, 0.1) is 5.56 Å². The summed E-state index contributed by atoms with van der Waals surface area (Å²) in [5.74, 6) is -2.28. The average molecular weight is 400 g/mol. The van der Waals surface area contributed by atoms with Gasteiger partial charge in [-0.25, -0.2) is 4.39 Å². The summed E-state index contributed by atoms with van der Waals surface area (Å²) in [6, 6.07) is 10.5. The Labute approximate surface area is 142 Å². The van der Waals surface area contributed by atoms with Gasteiger partial charge in [-0.3, -0.25) is 4.79 Å². The Hall–Kier alpha value is -2.15. The molecule has 3 rings (SSSR count). The lowest BCUT2D eigenvalue weighted by Gasteiger charge is -2.05. The van der Waals surface area contributed by atoms with E-state index in [-0.39, 0.29) is 11.9 Å². The summed E-state index contributed by atoms with van der Waals surface area (Å²) in [4.78, 5) is 11.7. The molecular formula is C17H10BrF4NO. The first-order chi connectivity index (χ1) is 11.3. The maximum absolute atomic E-state index is 13.0. The van der Waals surface area contributed by atoms with Gasteiger partial charge in [0, 0.05) is 28.1 Å². The van der Waals surface area contributed by atoms with E-state index in [0.717, 1.165) is 0 Å². The smallest absolute Gasteiger partial charge is 0.342 e. The number of aromatic nitrogens is 1. The summed E-state index contributed by atoms with van der Waals surface area (Å²) >= 11 is 3.21. The van der Waals surface area contributed by atoms with E-state index in [1.165, 1.54) is 24.4 Å². The number of carbonyl (C=O) groups is 1.